The SMILES string of the molecule is c1ccc(-c2nc(-c3ccc(-c4cccc(-c5cccc6c5-c5cc7ccccc7cc5C65C6CC7CC(C6)CC5C7)c4)cc3)cc(-c3ccccc3-c3ccccc3)n2)cc1. The van der Waals surface area contributed by atoms with Gasteiger partial charge < -0.3 is 0 Å². The maximum atomic E-state index is 5.18. The fourth-order valence-corrected chi connectivity index (χ4v) is 12.9. The Balaban J connectivity index is 0.900. The maximum absolute atomic E-state index is 5.18. The Hall–Kier alpha value is -6.90. The maximum Gasteiger partial charge on any atom is 0.160 e. The summed E-state index contributed by atoms with van der Waals surface area (Å²) in [5, 5.41) is 2.72. The molecule has 4 saturated carbocycles. The molecule has 1 aromatic heterocycles. The summed E-state index contributed by atoms with van der Waals surface area (Å²) in [6.07, 6.45) is 7.02. The van der Waals surface area contributed by atoms with Gasteiger partial charge in [-0.05, 0) is 146 Å². The average Bonchev–Trinajstić information content (AvgIpc) is 3.62. The van der Waals surface area contributed by atoms with E-state index in [0.29, 0.717) is 0 Å². The Labute approximate surface area is 364 Å². The number of hydrogen-bond acceptors (Lipinski definition) is 2. The molecule has 0 atom stereocenters. The zero-order valence-corrected chi connectivity index (χ0v) is 34.7. The van der Waals surface area contributed by atoms with Crippen LogP contribution in [-0.2, 0) is 5.41 Å². The molecule has 4 fully saturated rings. The van der Waals surface area contributed by atoms with Crippen LogP contribution in [0.2, 0.25) is 0 Å². The van der Waals surface area contributed by atoms with E-state index in [0.717, 1.165) is 63.1 Å². The van der Waals surface area contributed by atoms with Crippen LogP contribution >= 0.6 is 0 Å². The number of nitrogens with zero attached hydrogens (tertiary/aromatic N) is 2. The van der Waals surface area contributed by atoms with Gasteiger partial charge >= 0.3 is 0 Å². The van der Waals surface area contributed by atoms with E-state index in [9.17, 15) is 0 Å². The van der Waals surface area contributed by atoms with E-state index >= 15 is 0 Å². The van der Waals surface area contributed by atoms with Gasteiger partial charge in [0.1, 0.15) is 0 Å². The lowest BCUT2D eigenvalue weighted by Crippen LogP contribution is -2.55. The van der Waals surface area contributed by atoms with Crippen molar-refractivity contribution in [2.45, 2.75) is 37.5 Å². The molecule has 62 heavy (non-hydrogen) atoms. The molecule has 5 aliphatic rings. The highest BCUT2D eigenvalue weighted by molar-refractivity contribution is 5.99. The highest BCUT2D eigenvalue weighted by Crippen LogP contribution is 2.70. The van der Waals surface area contributed by atoms with Crippen LogP contribution in [-0.4, -0.2) is 9.97 Å². The summed E-state index contributed by atoms with van der Waals surface area (Å²) >= 11 is 0. The molecule has 0 saturated heterocycles. The molecule has 2 heteroatoms. The first-order valence-electron chi connectivity index (χ1n) is 22.6. The van der Waals surface area contributed by atoms with Crippen molar-refractivity contribution in [3.05, 3.63) is 205 Å². The van der Waals surface area contributed by atoms with Crippen molar-refractivity contribution in [1.82, 2.24) is 9.97 Å². The van der Waals surface area contributed by atoms with Crippen LogP contribution in [0.5, 0.6) is 0 Å². The van der Waals surface area contributed by atoms with Gasteiger partial charge in [-0.15, -0.1) is 0 Å². The third kappa shape index (κ3) is 5.55. The van der Waals surface area contributed by atoms with Gasteiger partial charge in [0.2, 0.25) is 0 Å². The van der Waals surface area contributed by atoms with E-state index in [1.807, 2.05) is 6.07 Å². The summed E-state index contributed by atoms with van der Waals surface area (Å²) < 4.78 is 0. The van der Waals surface area contributed by atoms with E-state index in [4.69, 9.17) is 9.97 Å². The molecular formula is C60H46N2. The van der Waals surface area contributed by atoms with Crippen molar-refractivity contribution in [3.63, 3.8) is 0 Å². The van der Waals surface area contributed by atoms with Crippen LogP contribution in [0.4, 0.5) is 0 Å². The van der Waals surface area contributed by atoms with Gasteiger partial charge in [0, 0.05) is 22.1 Å². The van der Waals surface area contributed by atoms with Gasteiger partial charge in [0.15, 0.2) is 5.82 Å². The van der Waals surface area contributed by atoms with E-state index in [-0.39, 0.29) is 5.41 Å². The van der Waals surface area contributed by atoms with Crippen molar-refractivity contribution < 1.29 is 0 Å². The van der Waals surface area contributed by atoms with Crippen molar-refractivity contribution in [3.8, 4) is 78.4 Å². The van der Waals surface area contributed by atoms with Gasteiger partial charge in [-0.2, -0.15) is 0 Å². The molecule has 1 spiro atoms. The molecule has 2 nitrogen and oxygen atoms in total. The minimum atomic E-state index is 0.121. The first-order chi connectivity index (χ1) is 30.7. The highest BCUT2D eigenvalue weighted by atomic mass is 14.9. The van der Waals surface area contributed by atoms with Crippen LogP contribution in [0.1, 0.15) is 43.2 Å². The van der Waals surface area contributed by atoms with Crippen molar-refractivity contribution in [2.75, 3.05) is 0 Å². The fraction of sp³-hybridized carbons (Fsp3) is 0.167. The molecule has 0 radical (unpaired) electrons. The molecule has 0 aliphatic heterocycles. The monoisotopic (exact) mass is 794 g/mol. The predicted molar refractivity (Wildman–Crippen MR) is 255 cm³/mol. The lowest BCUT2D eigenvalue weighted by atomic mass is 9.43. The Morgan fingerprint density at radius 3 is 1.65 bits per heavy atom. The number of hydrogen-bond donors (Lipinski definition) is 0. The summed E-state index contributed by atoms with van der Waals surface area (Å²) in [4.78, 5) is 10.4. The first-order valence-corrected chi connectivity index (χ1v) is 22.6. The quantitative estimate of drug-likeness (QED) is 0.168. The predicted octanol–water partition coefficient (Wildman–Crippen LogP) is 15.4. The molecule has 5 aliphatic carbocycles. The van der Waals surface area contributed by atoms with Crippen LogP contribution in [0.15, 0.2) is 194 Å². The van der Waals surface area contributed by atoms with E-state index in [1.54, 1.807) is 11.1 Å². The van der Waals surface area contributed by atoms with Gasteiger partial charge in [0.05, 0.1) is 11.4 Å². The third-order valence-electron chi connectivity index (χ3n) is 15.3. The summed E-state index contributed by atoms with van der Waals surface area (Å²) in [6, 6.07) is 71.3. The van der Waals surface area contributed by atoms with Crippen LogP contribution < -0.4 is 0 Å². The number of fused-ring (bicyclic) bond motifs is 4. The van der Waals surface area contributed by atoms with Crippen molar-refractivity contribution in [1.29, 1.82) is 0 Å². The minimum absolute atomic E-state index is 0.121. The lowest BCUT2D eigenvalue weighted by molar-refractivity contribution is -0.0398. The zero-order chi connectivity index (χ0) is 40.8. The topological polar surface area (TPSA) is 25.8 Å². The van der Waals surface area contributed by atoms with Crippen LogP contribution in [0.25, 0.3) is 89.2 Å². The summed E-state index contributed by atoms with van der Waals surface area (Å²) in [7, 11) is 0. The summed E-state index contributed by atoms with van der Waals surface area (Å²) in [6.45, 7) is 0. The molecule has 0 N–H and O–H groups in total. The first kappa shape index (κ1) is 35.8. The lowest BCUT2D eigenvalue weighted by Gasteiger charge is -2.61. The van der Waals surface area contributed by atoms with E-state index in [1.165, 1.54) is 81.8 Å². The zero-order valence-electron chi connectivity index (χ0n) is 34.7. The van der Waals surface area contributed by atoms with E-state index in [2.05, 4.69) is 188 Å². The molecule has 1 heterocycles. The van der Waals surface area contributed by atoms with Crippen molar-refractivity contribution in [2.24, 2.45) is 23.7 Å². The smallest absolute Gasteiger partial charge is 0.160 e. The van der Waals surface area contributed by atoms with Gasteiger partial charge in [-0.1, -0.05) is 170 Å². The highest BCUT2D eigenvalue weighted by Gasteiger charge is 2.61. The normalized spacial score (nSPS) is 21.6. The summed E-state index contributed by atoms with van der Waals surface area (Å²) in [5.41, 5.74) is 18.6. The molecule has 9 aromatic rings. The van der Waals surface area contributed by atoms with Gasteiger partial charge in [-0.3, -0.25) is 0 Å². The molecule has 296 valence electrons. The van der Waals surface area contributed by atoms with Gasteiger partial charge in [-0.25, -0.2) is 9.97 Å². The molecule has 4 bridgehead atoms. The Morgan fingerprint density at radius 2 is 0.903 bits per heavy atom. The van der Waals surface area contributed by atoms with Crippen molar-refractivity contribution >= 4 is 10.8 Å². The van der Waals surface area contributed by atoms with E-state index < -0.39 is 0 Å². The van der Waals surface area contributed by atoms with Crippen LogP contribution in [0, 0.1) is 23.7 Å². The molecule has 0 unspecified atom stereocenters. The molecular weight excluding hydrogens is 749 g/mol. The molecule has 8 aromatic carbocycles. The Bertz CT molecular complexity index is 3150. The second kappa shape index (κ2) is 14.1. The Kier molecular flexibility index (Phi) is 8.13. The number of aromatic nitrogens is 2. The minimum Gasteiger partial charge on any atom is -0.228 e. The third-order valence-corrected chi connectivity index (χ3v) is 15.3. The standard InChI is InChI=1S/C60H46N2/c1-3-13-41(14-4-1)50-21-9-10-22-52(50)57-37-56(61-59(62-57)43-15-5-2-6-16-43)42-27-25-40(26-28-42)44-19-11-20-47(34-44)51-23-12-24-54-58(51)53-35-45-17-7-8-18-46(45)36-55(53)60(54)48-30-38-29-39(32-48)33-49(60)31-38/h1-28,34-39,48-49H,29-33H2. The Morgan fingerprint density at radius 1 is 0.339 bits per heavy atom. The molecule has 14 rings (SSSR count). The average molecular weight is 795 g/mol. The second-order valence-corrected chi connectivity index (χ2v) is 18.5. The number of benzene rings is 8. The number of rotatable bonds is 6. The summed E-state index contributed by atoms with van der Waals surface area (Å²) in [5.74, 6) is 4.02. The largest absolute Gasteiger partial charge is 0.228 e. The van der Waals surface area contributed by atoms with Crippen LogP contribution in [0.3, 0.4) is 0 Å². The fourth-order valence-electron chi connectivity index (χ4n) is 12.9. The second-order valence-electron chi connectivity index (χ2n) is 18.5. The van der Waals surface area contributed by atoms with Gasteiger partial charge in [0.25, 0.3) is 0 Å². The molecule has 0 amide bonds.